The maximum absolute atomic E-state index is 14.0. The summed E-state index contributed by atoms with van der Waals surface area (Å²) in [5.41, 5.74) is 3.48. The summed E-state index contributed by atoms with van der Waals surface area (Å²) in [7, 11) is 0. The number of nitrogens with one attached hydrogen (secondary N) is 1. The van der Waals surface area contributed by atoms with Gasteiger partial charge in [-0.1, -0.05) is 36.4 Å². The third-order valence-corrected chi connectivity index (χ3v) is 8.64. The first-order valence-electron chi connectivity index (χ1n) is 13.1. The highest BCUT2D eigenvalue weighted by molar-refractivity contribution is 6.05. The molecule has 4 aromatic rings. The highest BCUT2D eigenvalue weighted by atomic mass is 16.1. The van der Waals surface area contributed by atoms with Gasteiger partial charge in [-0.05, 0) is 80.5 Å². The van der Waals surface area contributed by atoms with Gasteiger partial charge in [0.15, 0.2) is 5.82 Å². The molecule has 0 spiro atoms. The minimum absolute atomic E-state index is 0.0564. The summed E-state index contributed by atoms with van der Waals surface area (Å²) < 4.78 is 3.46. The number of para-hydroxylation sites is 2. The molecule has 0 saturated heterocycles. The largest absolute Gasteiger partial charge is 0.305 e. The van der Waals surface area contributed by atoms with E-state index < -0.39 is 0 Å². The average molecular weight is 489 g/mol. The van der Waals surface area contributed by atoms with E-state index in [2.05, 4.69) is 16.5 Å². The molecule has 7 nitrogen and oxygen atoms in total. The first kappa shape index (κ1) is 22.1. The zero-order valence-electron chi connectivity index (χ0n) is 20.5. The number of nitrogens with zero attached hydrogens (tertiary/aromatic N) is 5. The van der Waals surface area contributed by atoms with E-state index in [0.717, 1.165) is 54.1 Å². The maximum atomic E-state index is 14.0. The van der Waals surface area contributed by atoms with Crippen LogP contribution in [0.5, 0.6) is 0 Å². The fourth-order valence-corrected chi connectivity index (χ4v) is 7.54. The Morgan fingerprint density at radius 3 is 2.11 bits per heavy atom. The van der Waals surface area contributed by atoms with Crippen molar-refractivity contribution in [3.8, 4) is 17.4 Å². The molecule has 4 saturated carbocycles. The minimum Gasteiger partial charge on any atom is -0.305 e. The zero-order chi connectivity index (χ0) is 25.0. The van der Waals surface area contributed by atoms with E-state index in [1.54, 1.807) is 4.68 Å². The fourth-order valence-electron chi connectivity index (χ4n) is 7.54. The van der Waals surface area contributed by atoms with Gasteiger partial charge in [-0.15, -0.1) is 0 Å². The second-order valence-corrected chi connectivity index (χ2v) is 11.1. The van der Waals surface area contributed by atoms with Gasteiger partial charge in [0.05, 0.1) is 28.8 Å². The van der Waals surface area contributed by atoms with Gasteiger partial charge in [0.25, 0.3) is 5.91 Å². The van der Waals surface area contributed by atoms with E-state index in [-0.39, 0.29) is 11.3 Å². The molecule has 0 radical (unpaired) electrons. The van der Waals surface area contributed by atoms with E-state index in [9.17, 15) is 10.1 Å². The van der Waals surface area contributed by atoms with Crippen LogP contribution in [-0.2, 0) is 5.41 Å². The summed E-state index contributed by atoms with van der Waals surface area (Å²) in [6.07, 6.45) is 10.7. The molecule has 1 amide bonds. The monoisotopic (exact) mass is 488 g/mol. The van der Waals surface area contributed by atoms with Gasteiger partial charge >= 0.3 is 0 Å². The summed E-state index contributed by atoms with van der Waals surface area (Å²) in [5, 5.41) is 22.3. The van der Waals surface area contributed by atoms with Crippen molar-refractivity contribution in [2.45, 2.75) is 43.9 Å². The number of nitriles is 1. The lowest BCUT2D eigenvalue weighted by molar-refractivity contribution is -0.00765. The molecule has 7 heteroatoms. The second-order valence-electron chi connectivity index (χ2n) is 11.1. The summed E-state index contributed by atoms with van der Waals surface area (Å²) >= 11 is 0. The predicted octanol–water partition coefficient (Wildman–Crippen LogP) is 5.65. The average Bonchev–Trinajstić information content (AvgIpc) is 3.54. The number of amides is 1. The van der Waals surface area contributed by atoms with Gasteiger partial charge in [0, 0.05) is 11.6 Å². The van der Waals surface area contributed by atoms with Crippen molar-refractivity contribution in [1.29, 1.82) is 5.26 Å². The highest BCUT2D eigenvalue weighted by Crippen LogP contribution is 2.61. The van der Waals surface area contributed by atoms with Crippen molar-refractivity contribution >= 4 is 11.7 Å². The van der Waals surface area contributed by atoms with Crippen LogP contribution in [-0.4, -0.2) is 25.5 Å². The second kappa shape index (κ2) is 8.45. The van der Waals surface area contributed by atoms with Crippen LogP contribution in [0.3, 0.4) is 0 Å². The van der Waals surface area contributed by atoms with Crippen LogP contribution in [0.15, 0.2) is 73.1 Å². The van der Waals surface area contributed by atoms with E-state index in [1.807, 2.05) is 71.5 Å². The molecule has 0 unspecified atom stereocenters. The van der Waals surface area contributed by atoms with Crippen LogP contribution in [0.2, 0.25) is 0 Å². The van der Waals surface area contributed by atoms with Gasteiger partial charge in [-0.2, -0.15) is 15.5 Å². The summed E-state index contributed by atoms with van der Waals surface area (Å²) in [6.45, 7) is 0. The molecule has 2 aromatic heterocycles. The van der Waals surface area contributed by atoms with Gasteiger partial charge in [-0.3, -0.25) is 4.79 Å². The number of carbonyl (C=O) groups is 1. The zero-order valence-corrected chi connectivity index (χ0v) is 20.5. The Labute approximate surface area is 215 Å². The van der Waals surface area contributed by atoms with Crippen LogP contribution in [0, 0.1) is 29.1 Å². The first-order chi connectivity index (χ1) is 18.1. The lowest BCUT2D eigenvalue weighted by atomic mass is 9.48. The molecule has 0 atom stereocenters. The van der Waals surface area contributed by atoms with Crippen molar-refractivity contribution in [2.24, 2.45) is 17.8 Å². The van der Waals surface area contributed by atoms with Crippen molar-refractivity contribution < 1.29 is 4.79 Å². The van der Waals surface area contributed by atoms with Crippen molar-refractivity contribution in [3.63, 3.8) is 0 Å². The maximum Gasteiger partial charge on any atom is 0.260 e. The van der Waals surface area contributed by atoms with Crippen LogP contribution in [0.25, 0.3) is 11.4 Å². The lowest BCUT2D eigenvalue weighted by Crippen LogP contribution is -2.49. The summed E-state index contributed by atoms with van der Waals surface area (Å²) in [5.74, 6) is 2.32. The van der Waals surface area contributed by atoms with E-state index in [4.69, 9.17) is 5.10 Å². The van der Waals surface area contributed by atoms with E-state index in [0.29, 0.717) is 16.9 Å². The molecule has 1 N–H and O–H groups in total. The smallest absolute Gasteiger partial charge is 0.260 e. The quantitative estimate of drug-likeness (QED) is 0.393. The lowest BCUT2D eigenvalue weighted by Gasteiger charge is -2.56. The van der Waals surface area contributed by atoms with Crippen LogP contribution >= 0.6 is 0 Å². The molecular weight excluding hydrogens is 460 g/mol. The van der Waals surface area contributed by atoms with Gasteiger partial charge in [0.2, 0.25) is 0 Å². The highest BCUT2D eigenvalue weighted by Gasteiger charge is 2.54. The molecule has 4 aliphatic carbocycles. The topological polar surface area (TPSA) is 88.5 Å². The number of anilines is 1. The molecule has 4 aliphatic rings. The summed E-state index contributed by atoms with van der Waals surface area (Å²) in [4.78, 5) is 14.0. The minimum atomic E-state index is -0.248. The van der Waals surface area contributed by atoms with Crippen LogP contribution < -0.4 is 5.32 Å². The molecule has 184 valence electrons. The van der Waals surface area contributed by atoms with E-state index >= 15 is 0 Å². The van der Waals surface area contributed by atoms with Gasteiger partial charge in [-0.25, -0.2) is 9.36 Å². The van der Waals surface area contributed by atoms with Gasteiger partial charge in [0.1, 0.15) is 11.6 Å². The molecular formula is C30H28N6O. The Hall–Kier alpha value is -4.18. The van der Waals surface area contributed by atoms with Crippen LogP contribution in [0.4, 0.5) is 5.82 Å². The van der Waals surface area contributed by atoms with Crippen molar-refractivity contribution in [3.05, 3.63) is 89.9 Å². The van der Waals surface area contributed by atoms with E-state index in [1.165, 1.54) is 25.5 Å². The Morgan fingerprint density at radius 1 is 0.919 bits per heavy atom. The van der Waals surface area contributed by atoms with Crippen molar-refractivity contribution in [1.82, 2.24) is 19.6 Å². The van der Waals surface area contributed by atoms with Crippen molar-refractivity contribution in [2.75, 3.05) is 5.32 Å². The SMILES string of the molecule is N#Cc1cnn(-c2ccccc2)c1NC(=O)c1cn(-c2ccccc2)nc1C12CC3CC(CC(C3)C1)C2. The fraction of sp³-hybridized carbons (Fsp3) is 0.333. The molecule has 2 aromatic carbocycles. The molecule has 0 aliphatic heterocycles. The number of rotatable bonds is 5. The number of hydrogen-bond donors (Lipinski definition) is 1. The van der Waals surface area contributed by atoms with Crippen LogP contribution in [0.1, 0.15) is 60.1 Å². The standard InChI is InChI=1S/C30H28N6O/c31-17-23-18-32-36(25-9-5-2-6-10-25)28(23)33-29(37)26-19-35(24-7-3-1-4-8-24)34-27(26)30-14-20-11-21(15-30)13-22(12-20)16-30/h1-10,18-22H,11-16H2,(H,33,37). The predicted molar refractivity (Wildman–Crippen MR) is 140 cm³/mol. The normalized spacial score (nSPS) is 25.6. The third-order valence-electron chi connectivity index (χ3n) is 8.64. The summed E-state index contributed by atoms with van der Waals surface area (Å²) in [6, 6.07) is 21.7. The molecule has 4 bridgehead atoms. The Balaban J connectivity index is 1.32. The Bertz CT molecular complexity index is 1480. The first-order valence-corrected chi connectivity index (χ1v) is 13.1. The third kappa shape index (κ3) is 3.67. The molecule has 37 heavy (non-hydrogen) atoms. The Kier molecular flexibility index (Phi) is 5.03. The number of carbonyl (C=O) groups excluding carboxylic acids is 1. The number of benzene rings is 2. The van der Waals surface area contributed by atoms with Gasteiger partial charge < -0.3 is 5.32 Å². The Morgan fingerprint density at radius 2 is 1.51 bits per heavy atom. The molecule has 4 fully saturated rings. The molecule has 8 rings (SSSR count). The molecule has 2 heterocycles. The number of aromatic nitrogens is 4. The number of hydrogen-bond acceptors (Lipinski definition) is 4.